The van der Waals surface area contributed by atoms with Gasteiger partial charge >= 0.3 is 12.4 Å². The highest BCUT2D eigenvalue weighted by molar-refractivity contribution is 7.91. The molecule has 1 amide bonds. The van der Waals surface area contributed by atoms with Gasteiger partial charge in [-0.1, -0.05) is 13.8 Å². The van der Waals surface area contributed by atoms with E-state index in [1.807, 2.05) is 0 Å². The molecule has 9 nitrogen and oxygen atoms in total. The number of benzene rings is 2. The number of hydrogen-bond acceptors (Lipinski definition) is 6. The summed E-state index contributed by atoms with van der Waals surface area (Å²) in [6, 6.07) is 2.63. The monoisotopic (exact) mass is 679 g/mol. The van der Waals surface area contributed by atoms with Crippen molar-refractivity contribution in [3.05, 3.63) is 57.6 Å². The van der Waals surface area contributed by atoms with Crippen LogP contribution in [0, 0.1) is 13.8 Å². The predicted molar refractivity (Wildman–Crippen MR) is 147 cm³/mol. The van der Waals surface area contributed by atoms with Gasteiger partial charge in [0, 0.05) is 11.1 Å². The van der Waals surface area contributed by atoms with Gasteiger partial charge in [0.25, 0.3) is 11.1 Å². The third kappa shape index (κ3) is 9.92. The molecule has 0 aliphatic carbocycles. The standard InChI is InChI=1S/C13H16F3N3O3S.C12H12ClF3O3S/c1-3-4-23(21,22)10-5-7(2)8(11(20)19-12(17)18)6-9(10)13(14,15)16;1-3-4-20(18,19)10-5-7(2)8(11(13)17)6-9(10)12(14,15)16/h5-6H,3-4H2,1-2H3,(H4,17,18,19,20);5-6H,3-4H2,1-2H3. The highest BCUT2D eigenvalue weighted by Gasteiger charge is 2.39. The van der Waals surface area contributed by atoms with E-state index in [9.17, 15) is 52.8 Å². The number of sulfone groups is 2. The van der Waals surface area contributed by atoms with Gasteiger partial charge < -0.3 is 11.5 Å². The molecule has 2 aromatic rings. The molecule has 0 unspecified atom stereocenters. The second kappa shape index (κ2) is 14.1. The van der Waals surface area contributed by atoms with Crippen molar-refractivity contribution in [2.45, 2.75) is 62.7 Å². The van der Waals surface area contributed by atoms with Crippen molar-refractivity contribution in [1.29, 1.82) is 0 Å². The molecule has 0 spiro atoms. The van der Waals surface area contributed by atoms with Gasteiger partial charge in [0.15, 0.2) is 25.6 Å². The van der Waals surface area contributed by atoms with Gasteiger partial charge in [-0.25, -0.2) is 16.8 Å². The lowest BCUT2D eigenvalue weighted by atomic mass is 10.0. The number of rotatable bonds is 8. The average molecular weight is 680 g/mol. The van der Waals surface area contributed by atoms with Crippen LogP contribution in [0.1, 0.15) is 69.7 Å². The molecule has 0 saturated carbocycles. The number of alkyl halides is 6. The van der Waals surface area contributed by atoms with Crippen LogP contribution in [0.2, 0.25) is 0 Å². The summed E-state index contributed by atoms with van der Waals surface area (Å²) in [4.78, 5) is 24.4. The number of carbonyl (C=O) groups excluding carboxylic acids is 2. The van der Waals surface area contributed by atoms with Crippen LogP contribution in [0.3, 0.4) is 0 Å². The van der Waals surface area contributed by atoms with E-state index in [-0.39, 0.29) is 29.5 Å². The first-order valence-electron chi connectivity index (χ1n) is 12.1. The van der Waals surface area contributed by atoms with Crippen molar-refractivity contribution < 1.29 is 52.8 Å². The Bertz CT molecular complexity index is 1630. The van der Waals surface area contributed by atoms with Crippen molar-refractivity contribution in [3.63, 3.8) is 0 Å². The molecular weight excluding hydrogens is 652 g/mol. The fourth-order valence-electron chi connectivity index (χ4n) is 3.70. The minimum absolute atomic E-state index is 0.0303. The number of guanidine groups is 1. The highest BCUT2D eigenvalue weighted by Crippen LogP contribution is 2.38. The summed E-state index contributed by atoms with van der Waals surface area (Å²) in [5.41, 5.74) is 6.65. The summed E-state index contributed by atoms with van der Waals surface area (Å²) in [6.07, 6.45) is -9.48. The van der Waals surface area contributed by atoms with E-state index in [1.165, 1.54) is 20.8 Å². The van der Waals surface area contributed by atoms with Gasteiger partial charge in [-0.3, -0.25) is 9.59 Å². The van der Waals surface area contributed by atoms with E-state index in [2.05, 4.69) is 4.99 Å². The predicted octanol–water partition coefficient (Wildman–Crippen LogP) is 5.19. The van der Waals surface area contributed by atoms with Crippen LogP contribution in [-0.4, -0.2) is 45.5 Å². The molecule has 0 saturated heterocycles. The molecule has 2 aromatic carbocycles. The number of aryl methyl sites for hydroxylation is 2. The maximum absolute atomic E-state index is 13.2. The van der Waals surface area contributed by atoms with E-state index >= 15 is 0 Å². The fraction of sp³-hybridized carbons (Fsp3) is 0.400. The van der Waals surface area contributed by atoms with E-state index in [1.54, 1.807) is 6.92 Å². The van der Waals surface area contributed by atoms with Gasteiger partial charge in [0.1, 0.15) is 0 Å². The van der Waals surface area contributed by atoms with Gasteiger partial charge in [0.05, 0.1) is 32.4 Å². The average Bonchev–Trinajstić information content (AvgIpc) is 2.81. The molecule has 0 bridgehead atoms. The van der Waals surface area contributed by atoms with Crippen LogP contribution in [0.15, 0.2) is 39.0 Å². The lowest BCUT2D eigenvalue weighted by Gasteiger charge is -2.15. The summed E-state index contributed by atoms with van der Waals surface area (Å²) in [5.74, 6) is -2.52. The molecule has 4 N–H and O–H groups in total. The Labute approximate surface area is 249 Å². The lowest BCUT2D eigenvalue weighted by molar-refractivity contribution is -0.140. The van der Waals surface area contributed by atoms with Crippen molar-refractivity contribution in [3.8, 4) is 0 Å². The zero-order valence-corrected chi connectivity index (χ0v) is 25.5. The van der Waals surface area contributed by atoms with Crippen LogP contribution < -0.4 is 11.5 Å². The van der Waals surface area contributed by atoms with E-state index in [0.29, 0.717) is 12.1 Å². The van der Waals surface area contributed by atoms with Crippen LogP contribution in [0.25, 0.3) is 0 Å². The summed E-state index contributed by atoms with van der Waals surface area (Å²) < 4.78 is 126. The van der Waals surface area contributed by atoms with Gasteiger partial charge in [-0.2, -0.15) is 31.3 Å². The molecule has 0 aliphatic rings. The van der Waals surface area contributed by atoms with Crippen LogP contribution in [0.4, 0.5) is 26.3 Å². The van der Waals surface area contributed by atoms with E-state index < -0.39 is 87.1 Å². The zero-order chi connectivity index (χ0) is 33.7. The molecule has 0 radical (unpaired) electrons. The SMILES string of the molecule is CCCS(=O)(=O)c1cc(C)c(C(=O)Cl)cc1C(F)(F)F.CCCS(=O)(=O)c1cc(C)c(C(=O)N=C(N)N)cc1C(F)(F)F. The summed E-state index contributed by atoms with van der Waals surface area (Å²) >= 11 is 5.20. The van der Waals surface area contributed by atoms with Gasteiger partial charge in [-0.05, 0) is 73.7 Å². The van der Waals surface area contributed by atoms with Crippen molar-refractivity contribution in [1.82, 2.24) is 0 Å². The number of nitrogens with zero attached hydrogens (tertiary/aromatic N) is 1. The quantitative estimate of drug-likeness (QED) is 0.166. The normalized spacial score (nSPS) is 12.3. The first-order valence-corrected chi connectivity index (χ1v) is 15.8. The molecule has 0 fully saturated rings. The minimum atomic E-state index is -4.95. The van der Waals surface area contributed by atoms with E-state index in [4.69, 9.17) is 23.1 Å². The molecule has 18 heteroatoms. The number of nitrogens with two attached hydrogens (primary N) is 2. The smallest absolute Gasteiger partial charge is 0.370 e. The van der Waals surface area contributed by atoms with Crippen LogP contribution >= 0.6 is 11.6 Å². The Kier molecular flexibility index (Phi) is 12.4. The molecule has 0 aliphatic heterocycles. The number of amides is 1. The second-order valence-corrected chi connectivity index (χ2v) is 13.6. The van der Waals surface area contributed by atoms with Gasteiger partial charge in [0.2, 0.25) is 0 Å². The molecule has 0 heterocycles. The number of halogens is 7. The Hall–Kier alpha value is -3.18. The zero-order valence-electron chi connectivity index (χ0n) is 23.2. The largest absolute Gasteiger partial charge is 0.417 e. The third-order valence-electron chi connectivity index (χ3n) is 5.55. The Morgan fingerprint density at radius 3 is 1.40 bits per heavy atom. The minimum Gasteiger partial charge on any atom is -0.370 e. The second-order valence-electron chi connectivity index (χ2n) is 9.08. The topological polar surface area (TPSA) is 167 Å². The molecule has 2 rings (SSSR count). The number of carbonyl (C=O) groups is 2. The Morgan fingerprint density at radius 2 is 1.09 bits per heavy atom. The summed E-state index contributed by atoms with van der Waals surface area (Å²) in [7, 11) is -8.19. The Morgan fingerprint density at radius 1 is 0.744 bits per heavy atom. The van der Waals surface area contributed by atoms with Crippen molar-refractivity contribution in [2.75, 3.05) is 11.5 Å². The Balaban J connectivity index is 0.000000434. The molecule has 0 atom stereocenters. The fourth-order valence-corrected chi connectivity index (χ4v) is 7.15. The first kappa shape index (κ1) is 37.8. The maximum Gasteiger partial charge on any atom is 0.417 e. The van der Waals surface area contributed by atoms with Crippen LogP contribution in [-0.2, 0) is 32.0 Å². The van der Waals surface area contributed by atoms with Crippen molar-refractivity contribution >= 4 is 48.4 Å². The number of aliphatic imine (C=N–C) groups is 1. The van der Waals surface area contributed by atoms with Gasteiger partial charge in [-0.15, -0.1) is 0 Å². The summed E-state index contributed by atoms with van der Waals surface area (Å²) in [6.45, 7) is 5.73. The highest BCUT2D eigenvalue weighted by atomic mass is 35.5. The van der Waals surface area contributed by atoms with E-state index in [0.717, 1.165) is 12.1 Å². The summed E-state index contributed by atoms with van der Waals surface area (Å²) in [5, 5.41) is -1.06. The van der Waals surface area contributed by atoms with Crippen LogP contribution in [0.5, 0.6) is 0 Å². The molecule has 240 valence electrons. The maximum atomic E-state index is 13.2. The lowest BCUT2D eigenvalue weighted by Crippen LogP contribution is -2.24. The molecule has 43 heavy (non-hydrogen) atoms. The van der Waals surface area contributed by atoms with Crippen molar-refractivity contribution in [2.24, 2.45) is 16.5 Å². The third-order valence-corrected chi connectivity index (χ3v) is 9.66. The first-order chi connectivity index (χ1) is 19.4. The molecular formula is C25H28ClF6N3O6S2. The number of hydrogen-bond donors (Lipinski definition) is 2. The molecule has 0 aromatic heterocycles.